The molecule has 0 fully saturated rings. The predicted molar refractivity (Wildman–Crippen MR) is 35.6 cm³/mol. The van der Waals surface area contributed by atoms with Gasteiger partial charge in [-0.2, -0.15) is 0 Å². The molecule has 0 aromatic heterocycles. The van der Waals surface area contributed by atoms with Crippen molar-refractivity contribution in [1.82, 2.24) is 4.90 Å². The van der Waals surface area contributed by atoms with Crippen molar-refractivity contribution in [1.29, 1.82) is 0 Å². The Hall–Kier alpha value is -1.03. The summed E-state index contributed by atoms with van der Waals surface area (Å²) >= 11 is 0. The van der Waals surface area contributed by atoms with Crippen molar-refractivity contribution in [2.45, 2.75) is 13.2 Å². The van der Waals surface area contributed by atoms with Crippen LogP contribution in [0.3, 0.4) is 0 Å². The number of nitrogens with zero attached hydrogens (tertiary/aromatic N) is 1. The highest BCUT2D eigenvalue weighted by atomic mass is 16.3. The molecule has 0 aromatic carbocycles. The van der Waals surface area contributed by atoms with Crippen molar-refractivity contribution in [3.63, 3.8) is 0 Å². The summed E-state index contributed by atoms with van der Waals surface area (Å²) in [6, 6.07) is 0. The molecule has 0 aliphatic rings. The Bertz CT molecular complexity index is 143. The summed E-state index contributed by atoms with van der Waals surface area (Å²) in [4.78, 5) is 11.5. The van der Waals surface area contributed by atoms with E-state index in [-0.39, 0.29) is 0 Å². The largest absolute Gasteiger partial charge is 0.836 e. The van der Waals surface area contributed by atoms with Crippen LogP contribution in [0.4, 0.5) is 0 Å². The fraction of sp³-hybridized carbons (Fsp3) is 0.500. The molecule has 58 valence electrons. The molecule has 4 nitrogen and oxygen atoms in total. The van der Waals surface area contributed by atoms with Crippen LogP contribution in [0.25, 0.3) is 0 Å². The lowest BCUT2D eigenvalue weighted by molar-refractivity contribution is -0.444. The summed E-state index contributed by atoms with van der Waals surface area (Å²) < 4.78 is 0. The standard InChI is InChI=1S/C6H11N2O2/c1-5(9)8(2)4-3-6(7)10/h3-5H,1-2H3,(H2,7,10)/q-1/b4-3-. The molecule has 1 amide bonds. The predicted octanol–water partition coefficient (Wildman–Crippen LogP) is -1.38. The first-order valence-electron chi connectivity index (χ1n) is 2.89. The van der Waals surface area contributed by atoms with E-state index in [0.717, 1.165) is 6.08 Å². The molecule has 10 heavy (non-hydrogen) atoms. The van der Waals surface area contributed by atoms with Gasteiger partial charge in [0.2, 0.25) is 5.91 Å². The SMILES string of the molecule is CC([O-])N(C)/C=C\C(N)=O. The first-order chi connectivity index (χ1) is 4.54. The maximum atomic E-state index is 10.6. The van der Waals surface area contributed by atoms with Gasteiger partial charge in [0, 0.05) is 19.3 Å². The number of hydrogen-bond donors (Lipinski definition) is 1. The second kappa shape index (κ2) is 3.90. The van der Waals surface area contributed by atoms with Gasteiger partial charge in [-0.3, -0.25) is 4.79 Å². The molecule has 0 saturated heterocycles. The second-order valence-corrected chi connectivity index (χ2v) is 1.98. The Morgan fingerprint density at radius 1 is 1.80 bits per heavy atom. The van der Waals surface area contributed by atoms with Gasteiger partial charge in [0.1, 0.15) is 0 Å². The van der Waals surface area contributed by atoms with Gasteiger partial charge in [-0.1, -0.05) is 13.2 Å². The Kier molecular flexibility index (Phi) is 3.49. The lowest BCUT2D eigenvalue weighted by Gasteiger charge is -2.27. The number of rotatable bonds is 3. The molecular weight excluding hydrogens is 132 g/mol. The fourth-order valence-corrected chi connectivity index (χ4v) is 0.312. The number of nitrogens with two attached hydrogens (primary N) is 1. The Balaban J connectivity index is 3.77. The second-order valence-electron chi connectivity index (χ2n) is 1.98. The van der Waals surface area contributed by atoms with Crippen molar-refractivity contribution < 1.29 is 9.90 Å². The van der Waals surface area contributed by atoms with Crippen LogP contribution in [-0.4, -0.2) is 24.1 Å². The lowest BCUT2D eigenvalue weighted by atomic mass is 10.5. The van der Waals surface area contributed by atoms with Gasteiger partial charge in [-0.25, -0.2) is 0 Å². The van der Waals surface area contributed by atoms with E-state index in [1.54, 1.807) is 7.05 Å². The Labute approximate surface area is 59.9 Å². The molecule has 0 aliphatic carbocycles. The average Bonchev–Trinajstić information content (AvgIpc) is 1.82. The molecule has 1 unspecified atom stereocenters. The minimum absolute atomic E-state index is 0.549. The summed E-state index contributed by atoms with van der Waals surface area (Å²) in [5.74, 6) is -0.549. The van der Waals surface area contributed by atoms with Gasteiger partial charge in [0.25, 0.3) is 0 Å². The van der Waals surface area contributed by atoms with Crippen molar-refractivity contribution in [2.24, 2.45) is 5.73 Å². The summed E-state index contributed by atoms with van der Waals surface area (Å²) in [5.41, 5.74) is 4.79. The highest BCUT2D eigenvalue weighted by Crippen LogP contribution is 1.86. The summed E-state index contributed by atoms with van der Waals surface area (Å²) in [5, 5.41) is 10.6. The number of hydrogen-bond acceptors (Lipinski definition) is 3. The van der Waals surface area contributed by atoms with Crippen LogP contribution in [0.5, 0.6) is 0 Å². The molecule has 0 spiro atoms. The van der Waals surface area contributed by atoms with Gasteiger partial charge < -0.3 is 15.7 Å². The van der Waals surface area contributed by atoms with Gasteiger partial charge in [0.15, 0.2) is 0 Å². The van der Waals surface area contributed by atoms with E-state index in [0.29, 0.717) is 0 Å². The third-order valence-electron chi connectivity index (χ3n) is 1.05. The number of carbonyl (C=O) groups is 1. The van der Waals surface area contributed by atoms with Crippen molar-refractivity contribution in [3.05, 3.63) is 12.3 Å². The Morgan fingerprint density at radius 2 is 2.30 bits per heavy atom. The molecule has 0 aliphatic heterocycles. The van der Waals surface area contributed by atoms with Gasteiger partial charge in [-0.15, -0.1) is 0 Å². The van der Waals surface area contributed by atoms with E-state index < -0.39 is 12.1 Å². The van der Waals surface area contributed by atoms with Crippen LogP contribution in [0.15, 0.2) is 12.3 Å². The zero-order valence-corrected chi connectivity index (χ0v) is 6.07. The highest BCUT2D eigenvalue weighted by Gasteiger charge is 1.89. The first kappa shape index (κ1) is 8.97. The third-order valence-corrected chi connectivity index (χ3v) is 1.05. The van der Waals surface area contributed by atoms with E-state index in [9.17, 15) is 9.90 Å². The van der Waals surface area contributed by atoms with E-state index >= 15 is 0 Å². The maximum absolute atomic E-state index is 10.6. The van der Waals surface area contributed by atoms with Crippen LogP contribution < -0.4 is 10.8 Å². The Morgan fingerprint density at radius 3 is 2.60 bits per heavy atom. The van der Waals surface area contributed by atoms with Crippen LogP contribution >= 0.6 is 0 Å². The van der Waals surface area contributed by atoms with Crippen LogP contribution in [0.1, 0.15) is 6.92 Å². The molecule has 0 heterocycles. The number of carbonyl (C=O) groups excluding carboxylic acids is 1. The molecule has 0 bridgehead atoms. The summed E-state index contributed by atoms with van der Waals surface area (Å²) in [6.07, 6.45) is 1.66. The minimum atomic E-state index is -0.851. The number of amides is 1. The molecule has 0 radical (unpaired) electrons. The topological polar surface area (TPSA) is 69.4 Å². The summed E-state index contributed by atoms with van der Waals surface area (Å²) in [7, 11) is 1.58. The molecule has 0 saturated carbocycles. The zero-order chi connectivity index (χ0) is 8.15. The molecule has 0 rings (SSSR count). The van der Waals surface area contributed by atoms with Crippen LogP contribution in [-0.2, 0) is 4.79 Å². The molecule has 0 aromatic rings. The van der Waals surface area contributed by atoms with Crippen molar-refractivity contribution in [3.8, 4) is 0 Å². The average molecular weight is 143 g/mol. The minimum Gasteiger partial charge on any atom is -0.836 e. The smallest absolute Gasteiger partial charge is 0.242 e. The fourth-order valence-electron chi connectivity index (χ4n) is 0.312. The van der Waals surface area contributed by atoms with Crippen molar-refractivity contribution >= 4 is 5.91 Å². The molecular formula is C6H11N2O2-. The highest BCUT2D eigenvalue weighted by molar-refractivity contribution is 5.85. The first-order valence-corrected chi connectivity index (χ1v) is 2.89. The molecule has 4 heteroatoms. The lowest BCUT2D eigenvalue weighted by Crippen LogP contribution is -2.36. The van der Waals surface area contributed by atoms with Gasteiger partial charge in [0.05, 0.1) is 0 Å². The molecule has 1 atom stereocenters. The number of primary amides is 1. The van der Waals surface area contributed by atoms with Crippen LogP contribution in [0.2, 0.25) is 0 Å². The quantitative estimate of drug-likeness (QED) is 0.391. The maximum Gasteiger partial charge on any atom is 0.242 e. The normalized spacial score (nSPS) is 13.5. The molecule has 2 N–H and O–H groups in total. The van der Waals surface area contributed by atoms with Crippen molar-refractivity contribution in [2.75, 3.05) is 7.05 Å². The third kappa shape index (κ3) is 3.91. The van der Waals surface area contributed by atoms with E-state index in [2.05, 4.69) is 0 Å². The van der Waals surface area contributed by atoms with Gasteiger partial charge >= 0.3 is 0 Å². The van der Waals surface area contributed by atoms with Gasteiger partial charge in [-0.05, 0) is 0 Å². The van der Waals surface area contributed by atoms with E-state index in [4.69, 9.17) is 5.73 Å². The van der Waals surface area contributed by atoms with Crippen LogP contribution in [0, 0.1) is 0 Å². The van der Waals surface area contributed by atoms with E-state index in [1.807, 2.05) is 0 Å². The van der Waals surface area contributed by atoms with E-state index in [1.165, 1.54) is 18.0 Å². The zero-order valence-electron chi connectivity index (χ0n) is 6.07. The summed E-state index contributed by atoms with van der Waals surface area (Å²) in [6.45, 7) is 1.48. The monoisotopic (exact) mass is 143 g/mol.